The molecule has 3 aromatic heterocycles. The van der Waals surface area contributed by atoms with Crippen molar-refractivity contribution in [2.24, 2.45) is 12.8 Å². The zero-order chi connectivity index (χ0) is 23.8. The molecule has 3 heterocycles. The second kappa shape index (κ2) is 8.61. The SMILES string of the molecule is Cc1cc2c(cn1)cc(-c1cc(Nc3cc(-c4ccc(CN)cc4)[nH]n3)ccc1C)c(=O)n2C. The van der Waals surface area contributed by atoms with E-state index in [4.69, 9.17) is 5.73 Å². The van der Waals surface area contributed by atoms with Gasteiger partial charge in [-0.2, -0.15) is 5.10 Å². The van der Waals surface area contributed by atoms with Crippen LogP contribution in [0, 0.1) is 13.8 Å². The summed E-state index contributed by atoms with van der Waals surface area (Å²) in [4.78, 5) is 17.6. The number of rotatable bonds is 5. The van der Waals surface area contributed by atoms with Crippen molar-refractivity contribution in [2.45, 2.75) is 20.4 Å². The van der Waals surface area contributed by atoms with E-state index in [0.717, 1.165) is 50.2 Å². The van der Waals surface area contributed by atoms with Crippen LogP contribution in [0.1, 0.15) is 16.8 Å². The number of hydrogen-bond acceptors (Lipinski definition) is 5. The number of H-pyrrole nitrogens is 1. The molecule has 0 bridgehead atoms. The van der Waals surface area contributed by atoms with Gasteiger partial charge in [0.2, 0.25) is 0 Å². The molecule has 34 heavy (non-hydrogen) atoms. The van der Waals surface area contributed by atoms with E-state index in [1.54, 1.807) is 11.6 Å². The number of nitrogens with zero attached hydrogens (tertiary/aromatic N) is 3. The first kappa shape index (κ1) is 21.6. The highest BCUT2D eigenvalue weighted by Gasteiger charge is 2.13. The number of anilines is 2. The predicted octanol–water partition coefficient (Wildman–Crippen LogP) is 4.81. The lowest BCUT2D eigenvalue weighted by Crippen LogP contribution is -2.19. The monoisotopic (exact) mass is 450 g/mol. The minimum atomic E-state index is -0.0404. The van der Waals surface area contributed by atoms with Crippen LogP contribution in [0.4, 0.5) is 11.5 Å². The van der Waals surface area contributed by atoms with Crippen molar-refractivity contribution in [3.63, 3.8) is 0 Å². The molecule has 0 amide bonds. The highest BCUT2D eigenvalue weighted by molar-refractivity contribution is 5.85. The van der Waals surface area contributed by atoms with Crippen LogP contribution in [-0.4, -0.2) is 19.7 Å². The average molecular weight is 451 g/mol. The first-order valence-corrected chi connectivity index (χ1v) is 11.1. The largest absolute Gasteiger partial charge is 0.339 e. The fraction of sp³-hybridized carbons (Fsp3) is 0.148. The van der Waals surface area contributed by atoms with E-state index in [9.17, 15) is 4.79 Å². The fourth-order valence-electron chi connectivity index (χ4n) is 4.15. The number of aromatic nitrogens is 4. The van der Waals surface area contributed by atoms with Gasteiger partial charge >= 0.3 is 0 Å². The van der Waals surface area contributed by atoms with Crippen LogP contribution in [0.3, 0.4) is 0 Å². The van der Waals surface area contributed by atoms with E-state index in [1.807, 2.05) is 80.7 Å². The van der Waals surface area contributed by atoms with E-state index in [-0.39, 0.29) is 5.56 Å². The molecule has 7 nitrogen and oxygen atoms in total. The van der Waals surface area contributed by atoms with Crippen LogP contribution in [0.5, 0.6) is 0 Å². The van der Waals surface area contributed by atoms with Crippen LogP contribution >= 0.6 is 0 Å². The molecule has 7 heteroatoms. The molecule has 4 N–H and O–H groups in total. The highest BCUT2D eigenvalue weighted by Crippen LogP contribution is 2.29. The number of aryl methyl sites for hydroxylation is 3. The van der Waals surface area contributed by atoms with Gasteiger partial charge in [-0.25, -0.2) is 0 Å². The molecule has 0 radical (unpaired) electrons. The maximum absolute atomic E-state index is 13.2. The van der Waals surface area contributed by atoms with Gasteiger partial charge in [0.25, 0.3) is 5.56 Å². The fourth-order valence-corrected chi connectivity index (χ4v) is 4.15. The Morgan fingerprint density at radius 3 is 2.56 bits per heavy atom. The summed E-state index contributed by atoms with van der Waals surface area (Å²) in [6.45, 7) is 4.45. The third-order valence-corrected chi connectivity index (χ3v) is 6.12. The Kier molecular flexibility index (Phi) is 5.47. The standard InChI is InChI=1S/C27H26N6O/c1-16-4-9-21(30-26-13-24(31-32-26)19-7-5-18(14-28)6-8-19)12-22(16)23-11-20-15-29-17(2)10-25(20)33(3)27(23)34/h4-13,15H,14,28H2,1-3H3,(H2,30,31,32). The van der Waals surface area contributed by atoms with Crippen molar-refractivity contribution in [3.05, 3.63) is 94.0 Å². The summed E-state index contributed by atoms with van der Waals surface area (Å²) in [7, 11) is 1.80. The molecule has 0 aliphatic rings. The lowest BCUT2D eigenvalue weighted by atomic mass is 9.99. The molecule has 0 aliphatic heterocycles. The lowest BCUT2D eigenvalue weighted by molar-refractivity contribution is 0.905. The molecule has 0 atom stereocenters. The number of pyridine rings is 2. The average Bonchev–Trinajstić information content (AvgIpc) is 3.31. The van der Waals surface area contributed by atoms with Crippen LogP contribution in [0.25, 0.3) is 33.3 Å². The van der Waals surface area contributed by atoms with Gasteiger partial charge in [0.05, 0.1) is 11.2 Å². The summed E-state index contributed by atoms with van der Waals surface area (Å²) in [6.07, 6.45) is 1.82. The Bertz CT molecular complexity index is 1560. The van der Waals surface area contributed by atoms with E-state index < -0.39 is 0 Å². The van der Waals surface area contributed by atoms with Gasteiger partial charge in [-0.15, -0.1) is 0 Å². The summed E-state index contributed by atoms with van der Waals surface area (Å²) in [5, 5.41) is 11.8. The van der Waals surface area contributed by atoms with Crippen LogP contribution in [-0.2, 0) is 13.6 Å². The smallest absolute Gasteiger partial charge is 0.258 e. The van der Waals surface area contributed by atoms with Crippen molar-refractivity contribution in [3.8, 4) is 22.4 Å². The first-order valence-electron chi connectivity index (χ1n) is 11.1. The van der Waals surface area contributed by atoms with E-state index in [2.05, 4.69) is 20.5 Å². The molecule has 170 valence electrons. The summed E-state index contributed by atoms with van der Waals surface area (Å²) in [5.41, 5.74) is 13.8. The third kappa shape index (κ3) is 3.97. The Balaban J connectivity index is 1.48. The van der Waals surface area contributed by atoms with Crippen molar-refractivity contribution in [1.82, 2.24) is 19.7 Å². The minimum Gasteiger partial charge on any atom is -0.339 e. The zero-order valence-corrected chi connectivity index (χ0v) is 19.4. The van der Waals surface area contributed by atoms with Crippen molar-refractivity contribution in [1.29, 1.82) is 0 Å². The molecule has 0 spiro atoms. The van der Waals surface area contributed by atoms with Gasteiger partial charge in [0.15, 0.2) is 5.82 Å². The number of aromatic amines is 1. The number of hydrogen-bond donors (Lipinski definition) is 3. The van der Waals surface area contributed by atoms with Gasteiger partial charge in [0, 0.05) is 48.2 Å². The Labute approximate surface area is 197 Å². The summed E-state index contributed by atoms with van der Waals surface area (Å²) in [6, 6.07) is 19.9. The second-order valence-corrected chi connectivity index (χ2v) is 8.53. The van der Waals surface area contributed by atoms with Crippen LogP contribution in [0.15, 0.2) is 71.7 Å². The van der Waals surface area contributed by atoms with Crippen molar-refractivity contribution in [2.75, 3.05) is 5.32 Å². The zero-order valence-electron chi connectivity index (χ0n) is 19.4. The van der Waals surface area contributed by atoms with E-state index >= 15 is 0 Å². The van der Waals surface area contributed by atoms with Gasteiger partial charge in [-0.3, -0.25) is 14.9 Å². The molecule has 0 saturated heterocycles. The molecule has 2 aromatic carbocycles. The molecule has 5 rings (SSSR count). The van der Waals surface area contributed by atoms with Gasteiger partial charge in [0.1, 0.15) is 0 Å². The second-order valence-electron chi connectivity index (χ2n) is 8.53. The maximum atomic E-state index is 13.2. The van der Waals surface area contributed by atoms with Crippen molar-refractivity contribution >= 4 is 22.4 Å². The number of fused-ring (bicyclic) bond motifs is 1. The quantitative estimate of drug-likeness (QED) is 0.357. The Morgan fingerprint density at radius 1 is 1.00 bits per heavy atom. The Morgan fingerprint density at radius 2 is 1.79 bits per heavy atom. The number of nitrogens with one attached hydrogen (secondary N) is 2. The van der Waals surface area contributed by atoms with Crippen LogP contribution < -0.4 is 16.6 Å². The molecule has 0 saturated carbocycles. The minimum absolute atomic E-state index is 0.0404. The van der Waals surface area contributed by atoms with Gasteiger partial charge < -0.3 is 15.6 Å². The molecular formula is C27H26N6O. The molecule has 0 unspecified atom stereocenters. The number of nitrogens with two attached hydrogens (primary N) is 1. The summed E-state index contributed by atoms with van der Waals surface area (Å²) >= 11 is 0. The van der Waals surface area contributed by atoms with E-state index in [1.165, 1.54) is 0 Å². The summed E-state index contributed by atoms with van der Waals surface area (Å²) in [5.74, 6) is 0.693. The first-order chi connectivity index (χ1) is 16.4. The molecule has 0 fully saturated rings. The topological polar surface area (TPSA) is 102 Å². The predicted molar refractivity (Wildman–Crippen MR) is 137 cm³/mol. The Hall–Kier alpha value is -4.23. The summed E-state index contributed by atoms with van der Waals surface area (Å²) < 4.78 is 1.69. The third-order valence-electron chi connectivity index (χ3n) is 6.12. The molecular weight excluding hydrogens is 424 g/mol. The van der Waals surface area contributed by atoms with Gasteiger partial charge in [-0.05, 0) is 60.4 Å². The van der Waals surface area contributed by atoms with Crippen molar-refractivity contribution < 1.29 is 0 Å². The maximum Gasteiger partial charge on any atom is 0.258 e. The molecule has 0 aliphatic carbocycles. The molecule has 5 aromatic rings. The lowest BCUT2D eigenvalue weighted by Gasteiger charge is -2.13. The van der Waals surface area contributed by atoms with E-state index in [0.29, 0.717) is 17.9 Å². The number of benzene rings is 2. The van der Waals surface area contributed by atoms with Crippen LogP contribution in [0.2, 0.25) is 0 Å². The normalized spacial score (nSPS) is 11.2. The van der Waals surface area contributed by atoms with Gasteiger partial charge in [-0.1, -0.05) is 30.3 Å². The highest BCUT2D eigenvalue weighted by atomic mass is 16.1.